The number of aromatic nitrogens is 1. The van der Waals surface area contributed by atoms with Crippen LogP contribution >= 0.6 is 43.2 Å². The maximum Gasteiger partial charge on any atom is 0.203 e. The highest BCUT2D eigenvalue weighted by atomic mass is 79.9. The Morgan fingerprint density at radius 3 is 2.70 bits per heavy atom. The number of hydrogen-bond acceptors (Lipinski definition) is 5. The number of phenolic OH excluding ortho intramolecular Hbond substituents is 1. The number of anilines is 1. The molecule has 0 saturated heterocycles. The molecule has 4 nitrogen and oxygen atoms in total. The molecule has 1 heterocycles. The second-order valence-electron chi connectivity index (χ2n) is 4.60. The fraction of sp³-hybridized carbons (Fsp3) is 0. The minimum Gasteiger partial charge on any atom is -0.507 e. The number of benzene rings is 2. The van der Waals surface area contributed by atoms with Crippen LogP contribution in [0.2, 0.25) is 0 Å². The lowest BCUT2D eigenvalue weighted by molar-refractivity contribution is 0.471. The number of nitrogens with zero attached hydrogens (tertiary/aromatic N) is 2. The van der Waals surface area contributed by atoms with Crippen molar-refractivity contribution in [1.29, 1.82) is 0 Å². The molecular weight excluding hydrogens is 442 g/mol. The van der Waals surface area contributed by atoms with E-state index in [2.05, 4.69) is 47.4 Å². The Bertz CT molecular complexity index is 850. The van der Waals surface area contributed by atoms with Crippen LogP contribution in [0.15, 0.2) is 61.9 Å². The van der Waals surface area contributed by atoms with Crippen LogP contribution in [0.25, 0.3) is 11.3 Å². The van der Waals surface area contributed by atoms with E-state index in [0.29, 0.717) is 9.60 Å². The number of thiazole rings is 1. The van der Waals surface area contributed by atoms with Gasteiger partial charge < -0.3 is 5.11 Å². The van der Waals surface area contributed by atoms with Gasteiger partial charge in [0.05, 0.1) is 16.4 Å². The van der Waals surface area contributed by atoms with Gasteiger partial charge in [-0.1, -0.05) is 46.3 Å². The number of phenols is 1. The molecule has 0 aliphatic carbocycles. The maximum atomic E-state index is 9.71. The SMILES string of the molecule is Oc1cc(C=NNc2nc(-c3ccccc3)cs2)c(Br)cc1Br. The highest BCUT2D eigenvalue weighted by Crippen LogP contribution is 2.30. The van der Waals surface area contributed by atoms with Crippen molar-refractivity contribution < 1.29 is 5.11 Å². The predicted octanol–water partition coefficient (Wildman–Crippen LogP) is 5.49. The van der Waals surface area contributed by atoms with E-state index in [1.54, 1.807) is 18.3 Å². The maximum absolute atomic E-state index is 9.71. The molecule has 0 amide bonds. The lowest BCUT2D eigenvalue weighted by Gasteiger charge is -2.02. The molecule has 0 bridgehead atoms. The molecule has 7 heteroatoms. The molecule has 3 aromatic rings. The quantitative estimate of drug-likeness (QED) is 0.406. The first-order valence-electron chi connectivity index (χ1n) is 6.61. The van der Waals surface area contributed by atoms with Gasteiger partial charge in [0.25, 0.3) is 0 Å². The lowest BCUT2D eigenvalue weighted by Crippen LogP contribution is -1.91. The average Bonchev–Trinajstić information content (AvgIpc) is 3.02. The Morgan fingerprint density at radius 2 is 1.91 bits per heavy atom. The highest BCUT2D eigenvalue weighted by Gasteiger charge is 2.05. The van der Waals surface area contributed by atoms with Crippen molar-refractivity contribution in [3.05, 3.63) is 62.4 Å². The summed E-state index contributed by atoms with van der Waals surface area (Å²) in [7, 11) is 0. The molecule has 0 fully saturated rings. The zero-order valence-electron chi connectivity index (χ0n) is 11.7. The number of halogens is 2. The van der Waals surface area contributed by atoms with Crippen molar-refractivity contribution in [3.63, 3.8) is 0 Å². The van der Waals surface area contributed by atoms with E-state index in [-0.39, 0.29) is 5.75 Å². The fourth-order valence-corrected chi connectivity index (χ4v) is 3.64. The van der Waals surface area contributed by atoms with Crippen LogP contribution in [0.1, 0.15) is 5.56 Å². The standard InChI is InChI=1S/C16H11Br2N3OS/c17-12-7-13(18)15(22)6-11(12)8-19-21-16-20-14(9-23-16)10-4-2-1-3-5-10/h1-9,22H,(H,20,21). The average molecular weight is 453 g/mol. The summed E-state index contributed by atoms with van der Waals surface area (Å²) in [5.41, 5.74) is 5.65. The predicted molar refractivity (Wildman–Crippen MR) is 102 cm³/mol. The zero-order chi connectivity index (χ0) is 16.2. The Hall–Kier alpha value is -1.70. The molecule has 23 heavy (non-hydrogen) atoms. The van der Waals surface area contributed by atoms with Crippen molar-refractivity contribution in [1.82, 2.24) is 4.98 Å². The van der Waals surface area contributed by atoms with Gasteiger partial charge in [-0.15, -0.1) is 11.3 Å². The zero-order valence-corrected chi connectivity index (χ0v) is 15.7. The summed E-state index contributed by atoms with van der Waals surface area (Å²) < 4.78 is 1.46. The molecule has 0 saturated carbocycles. The largest absolute Gasteiger partial charge is 0.507 e. The highest BCUT2D eigenvalue weighted by molar-refractivity contribution is 9.11. The molecule has 0 unspecified atom stereocenters. The molecule has 2 aromatic carbocycles. The Balaban J connectivity index is 1.72. The van der Waals surface area contributed by atoms with E-state index in [1.165, 1.54) is 11.3 Å². The summed E-state index contributed by atoms with van der Waals surface area (Å²) in [6, 6.07) is 13.4. The van der Waals surface area contributed by atoms with Crippen molar-refractivity contribution in [2.75, 3.05) is 5.43 Å². The molecule has 0 spiro atoms. The fourth-order valence-electron chi connectivity index (χ4n) is 1.88. The van der Waals surface area contributed by atoms with Crippen molar-refractivity contribution >= 4 is 54.5 Å². The van der Waals surface area contributed by atoms with Gasteiger partial charge in [-0.2, -0.15) is 5.10 Å². The minimum atomic E-state index is 0.162. The molecular formula is C16H11Br2N3OS. The van der Waals surface area contributed by atoms with Crippen molar-refractivity contribution in [2.45, 2.75) is 0 Å². The van der Waals surface area contributed by atoms with E-state index in [0.717, 1.165) is 21.3 Å². The summed E-state index contributed by atoms with van der Waals surface area (Å²) >= 11 is 8.18. The normalized spacial score (nSPS) is 11.0. The summed E-state index contributed by atoms with van der Waals surface area (Å²) in [5.74, 6) is 0.162. The molecule has 2 N–H and O–H groups in total. The Labute approximate surface area is 154 Å². The van der Waals surface area contributed by atoms with Crippen LogP contribution in [0.4, 0.5) is 5.13 Å². The minimum absolute atomic E-state index is 0.162. The van der Waals surface area contributed by atoms with Gasteiger partial charge in [0.15, 0.2) is 0 Å². The van der Waals surface area contributed by atoms with Gasteiger partial charge in [-0.3, -0.25) is 5.43 Å². The van der Waals surface area contributed by atoms with Crippen LogP contribution < -0.4 is 5.43 Å². The first-order chi connectivity index (χ1) is 11.1. The third-order valence-electron chi connectivity index (χ3n) is 3.00. The third kappa shape index (κ3) is 3.99. The van der Waals surface area contributed by atoms with Crippen LogP contribution in [0.3, 0.4) is 0 Å². The molecule has 116 valence electrons. The summed E-state index contributed by atoms with van der Waals surface area (Å²) in [6.07, 6.45) is 1.62. The summed E-state index contributed by atoms with van der Waals surface area (Å²) in [6.45, 7) is 0. The van der Waals surface area contributed by atoms with Crippen molar-refractivity contribution in [3.8, 4) is 17.0 Å². The van der Waals surface area contributed by atoms with Gasteiger partial charge in [-0.05, 0) is 28.1 Å². The monoisotopic (exact) mass is 451 g/mol. The number of nitrogens with one attached hydrogen (secondary N) is 1. The van der Waals surface area contributed by atoms with Crippen LogP contribution in [0.5, 0.6) is 5.75 Å². The second-order valence-corrected chi connectivity index (χ2v) is 7.17. The molecule has 0 atom stereocenters. The third-order valence-corrected chi connectivity index (χ3v) is 5.07. The Morgan fingerprint density at radius 1 is 1.13 bits per heavy atom. The van der Waals surface area contributed by atoms with Gasteiger partial charge in [0.2, 0.25) is 5.13 Å². The number of aromatic hydroxyl groups is 1. The number of hydrogen-bond donors (Lipinski definition) is 2. The van der Waals surface area contributed by atoms with Gasteiger partial charge in [0.1, 0.15) is 5.75 Å². The molecule has 0 aliphatic rings. The van der Waals surface area contributed by atoms with E-state index < -0.39 is 0 Å². The van der Waals surface area contributed by atoms with Crippen LogP contribution in [-0.4, -0.2) is 16.3 Å². The molecule has 0 aliphatic heterocycles. The van der Waals surface area contributed by atoms with Gasteiger partial charge in [0, 0.05) is 21.0 Å². The summed E-state index contributed by atoms with van der Waals surface area (Å²) in [4.78, 5) is 4.49. The molecule has 0 radical (unpaired) electrons. The molecule has 3 rings (SSSR count). The van der Waals surface area contributed by atoms with Gasteiger partial charge >= 0.3 is 0 Å². The van der Waals surface area contributed by atoms with E-state index in [4.69, 9.17) is 0 Å². The van der Waals surface area contributed by atoms with E-state index >= 15 is 0 Å². The van der Waals surface area contributed by atoms with Gasteiger partial charge in [-0.25, -0.2) is 4.98 Å². The molecule has 1 aromatic heterocycles. The second kappa shape index (κ2) is 7.25. The van der Waals surface area contributed by atoms with Crippen molar-refractivity contribution in [2.24, 2.45) is 5.10 Å². The smallest absolute Gasteiger partial charge is 0.203 e. The Kier molecular flexibility index (Phi) is 5.09. The van der Waals surface area contributed by atoms with E-state index in [1.807, 2.05) is 35.7 Å². The number of rotatable bonds is 4. The topological polar surface area (TPSA) is 57.5 Å². The van der Waals surface area contributed by atoms with Crippen LogP contribution in [-0.2, 0) is 0 Å². The first-order valence-corrected chi connectivity index (χ1v) is 9.08. The lowest BCUT2D eigenvalue weighted by atomic mass is 10.2. The van der Waals surface area contributed by atoms with Crippen LogP contribution in [0, 0.1) is 0 Å². The van der Waals surface area contributed by atoms with E-state index in [9.17, 15) is 5.11 Å². The first kappa shape index (κ1) is 16.2. The number of hydrazone groups is 1. The summed E-state index contributed by atoms with van der Waals surface area (Å²) in [5, 5.41) is 16.6.